The van der Waals surface area contributed by atoms with Crippen LogP contribution in [0.5, 0.6) is 0 Å². The largest absolute Gasteiger partial charge is 0.378 e. The highest BCUT2D eigenvalue weighted by atomic mass is 35.5. The maximum absolute atomic E-state index is 11.9. The van der Waals surface area contributed by atoms with Crippen molar-refractivity contribution in [2.75, 3.05) is 37.1 Å². The third kappa shape index (κ3) is 3.11. The molecule has 0 aliphatic carbocycles. The summed E-state index contributed by atoms with van der Waals surface area (Å²) in [5.41, 5.74) is 1.48. The van der Waals surface area contributed by atoms with Gasteiger partial charge in [0.2, 0.25) is 0 Å². The molecule has 0 spiro atoms. The van der Waals surface area contributed by atoms with Crippen molar-refractivity contribution < 1.29 is 4.74 Å². The minimum Gasteiger partial charge on any atom is -0.378 e. The molecule has 5 nitrogen and oxygen atoms in total. The molecule has 2 rings (SSSR count). The number of aromatic nitrogens is 2. The predicted octanol–water partition coefficient (Wildman–Crippen LogP) is 0.875. The van der Waals surface area contributed by atoms with E-state index < -0.39 is 0 Å². The van der Waals surface area contributed by atoms with Crippen LogP contribution in [0.2, 0.25) is 0 Å². The van der Waals surface area contributed by atoms with Crippen LogP contribution in [0.1, 0.15) is 0 Å². The lowest BCUT2D eigenvalue weighted by molar-refractivity contribution is 0.122. The van der Waals surface area contributed by atoms with Gasteiger partial charge in [0.05, 0.1) is 31.6 Å². The highest BCUT2D eigenvalue weighted by Crippen LogP contribution is 2.11. The number of hydrogen-bond donors (Lipinski definition) is 0. The summed E-state index contributed by atoms with van der Waals surface area (Å²) >= 11 is 5.64. The fraction of sp³-hybridized carbons (Fsp3) is 0.500. The highest BCUT2D eigenvalue weighted by Gasteiger charge is 2.12. The van der Waals surface area contributed by atoms with Gasteiger partial charge in [0.15, 0.2) is 0 Å². The van der Waals surface area contributed by atoms with E-state index in [1.54, 1.807) is 12.3 Å². The molecule has 6 heteroatoms. The van der Waals surface area contributed by atoms with Crippen molar-refractivity contribution in [3.8, 4) is 0 Å². The van der Waals surface area contributed by atoms with Crippen LogP contribution in [0.4, 0.5) is 5.69 Å². The van der Waals surface area contributed by atoms with Gasteiger partial charge in [-0.15, -0.1) is 11.6 Å². The Labute approximate surface area is 111 Å². The molecule has 2 heterocycles. The fourth-order valence-corrected chi connectivity index (χ4v) is 1.88. The van der Waals surface area contributed by atoms with Gasteiger partial charge in [-0.1, -0.05) is 6.58 Å². The van der Waals surface area contributed by atoms with Gasteiger partial charge in [0, 0.05) is 25.0 Å². The Kier molecular flexibility index (Phi) is 4.38. The average molecular weight is 270 g/mol. The average Bonchev–Trinajstić information content (AvgIpc) is 2.42. The number of ether oxygens (including phenoxy) is 1. The maximum atomic E-state index is 11.9. The van der Waals surface area contributed by atoms with E-state index in [0.29, 0.717) is 25.6 Å². The first-order valence-electron chi connectivity index (χ1n) is 5.83. The molecule has 0 aromatic carbocycles. The molecule has 1 aromatic heterocycles. The van der Waals surface area contributed by atoms with Crippen LogP contribution in [0.15, 0.2) is 29.2 Å². The second-order valence-electron chi connectivity index (χ2n) is 4.19. The minimum absolute atomic E-state index is 0.134. The van der Waals surface area contributed by atoms with Crippen molar-refractivity contribution in [2.45, 2.75) is 6.54 Å². The molecule has 0 unspecified atom stereocenters. The van der Waals surface area contributed by atoms with E-state index in [4.69, 9.17) is 16.3 Å². The highest BCUT2D eigenvalue weighted by molar-refractivity contribution is 6.19. The van der Waals surface area contributed by atoms with Crippen molar-refractivity contribution in [1.82, 2.24) is 9.78 Å². The SMILES string of the molecule is C=C(CCl)Cn1ncc(N2CCOCC2)cc1=O. The first-order valence-corrected chi connectivity index (χ1v) is 6.36. The Bertz CT molecular complexity index is 480. The van der Waals surface area contributed by atoms with E-state index in [0.717, 1.165) is 24.4 Å². The lowest BCUT2D eigenvalue weighted by atomic mass is 10.3. The van der Waals surface area contributed by atoms with Crippen LogP contribution < -0.4 is 10.5 Å². The van der Waals surface area contributed by atoms with E-state index in [1.807, 2.05) is 0 Å². The van der Waals surface area contributed by atoms with Crippen molar-refractivity contribution >= 4 is 17.3 Å². The number of nitrogens with zero attached hydrogens (tertiary/aromatic N) is 3. The number of alkyl halides is 1. The van der Waals surface area contributed by atoms with E-state index in [2.05, 4.69) is 16.6 Å². The molecular weight excluding hydrogens is 254 g/mol. The zero-order chi connectivity index (χ0) is 13.0. The van der Waals surface area contributed by atoms with Crippen LogP contribution in [0.3, 0.4) is 0 Å². The number of allylic oxidation sites excluding steroid dienone is 1. The monoisotopic (exact) mass is 269 g/mol. The molecule has 0 amide bonds. The Hall–Kier alpha value is -1.33. The van der Waals surface area contributed by atoms with Gasteiger partial charge >= 0.3 is 0 Å². The number of hydrogen-bond acceptors (Lipinski definition) is 4. The molecule has 1 aromatic rings. The number of halogens is 1. The Morgan fingerprint density at radius 3 is 2.83 bits per heavy atom. The second kappa shape index (κ2) is 6.02. The summed E-state index contributed by atoms with van der Waals surface area (Å²) in [6, 6.07) is 1.60. The zero-order valence-electron chi connectivity index (χ0n) is 10.1. The van der Waals surface area contributed by atoms with Gasteiger partial charge in [-0.25, -0.2) is 4.68 Å². The zero-order valence-corrected chi connectivity index (χ0v) is 10.9. The van der Waals surface area contributed by atoms with Crippen molar-refractivity contribution in [3.05, 3.63) is 34.8 Å². The summed E-state index contributed by atoms with van der Waals surface area (Å²) < 4.78 is 6.64. The normalized spacial score (nSPS) is 15.7. The van der Waals surface area contributed by atoms with Crippen LogP contribution in [0.25, 0.3) is 0 Å². The molecule has 0 bridgehead atoms. The lowest BCUT2D eigenvalue weighted by Gasteiger charge is -2.28. The summed E-state index contributed by atoms with van der Waals surface area (Å²) in [5, 5.41) is 4.14. The third-order valence-electron chi connectivity index (χ3n) is 2.79. The smallest absolute Gasteiger partial charge is 0.269 e. The summed E-state index contributed by atoms with van der Waals surface area (Å²) in [5.74, 6) is 0.333. The molecular formula is C12H16ClN3O2. The molecule has 18 heavy (non-hydrogen) atoms. The lowest BCUT2D eigenvalue weighted by Crippen LogP contribution is -2.37. The van der Waals surface area contributed by atoms with Gasteiger partial charge < -0.3 is 9.64 Å². The van der Waals surface area contributed by atoms with Crippen molar-refractivity contribution in [3.63, 3.8) is 0 Å². The van der Waals surface area contributed by atoms with Crippen LogP contribution >= 0.6 is 11.6 Å². The Morgan fingerprint density at radius 2 is 2.22 bits per heavy atom. The van der Waals surface area contributed by atoms with Crippen LogP contribution in [-0.4, -0.2) is 42.0 Å². The molecule has 1 aliphatic rings. The first-order chi connectivity index (χ1) is 8.70. The molecule has 1 aliphatic heterocycles. The standard InChI is InChI=1S/C12H16ClN3O2/c1-10(7-13)9-16-12(17)6-11(8-14-16)15-2-4-18-5-3-15/h6,8H,1-5,7,9H2. The first kappa shape index (κ1) is 13.1. The third-order valence-corrected chi connectivity index (χ3v) is 3.17. The van der Waals surface area contributed by atoms with E-state index in [9.17, 15) is 4.79 Å². The van der Waals surface area contributed by atoms with Gasteiger partial charge in [-0.05, 0) is 5.57 Å². The molecule has 0 radical (unpaired) electrons. The predicted molar refractivity (Wildman–Crippen MR) is 71.4 cm³/mol. The number of anilines is 1. The van der Waals surface area contributed by atoms with Gasteiger partial charge in [-0.2, -0.15) is 5.10 Å². The molecule has 0 N–H and O–H groups in total. The van der Waals surface area contributed by atoms with Crippen molar-refractivity contribution in [1.29, 1.82) is 0 Å². The second-order valence-corrected chi connectivity index (χ2v) is 4.46. The number of rotatable bonds is 4. The maximum Gasteiger partial charge on any atom is 0.269 e. The topological polar surface area (TPSA) is 47.4 Å². The van der Waals surface area contributed by atoms with Gasteiger partial charge in [0.25, 0.3) is 5.56 Å². The summed E-state index contributed by atoms with van der Waals surface area (Å²) in [6.45, 7) is 7.09. The van der Waals surface area contributed by atoms with E-state index in [-0.39, 0.29) is 5.56 Å². The number of morpholine rings is 1. The Balaban J connectivity index is 2.13. The molecule has 1 fully saturated rings. The van der Waals surface area contributed by atoms with Crippen LogP contribution in [0, 0.1) is 0 Å². The summed E-state index contributed by atoms with van der Waals surface area (Å²) in [7, 11) is 0. The minimum atomic E-state index is -0.134. The van der Waals surface area contributed by atoms with E-state index >= 15 is 0 Å². The Morgan fingerprint density at radius 1 is 1.50 bits per heavy atom. The van der Waals surface area contributed by atoms with E-state index in [1.165, 1.54) is 4.68 Å². The molecule has 98 valence electrons. The van der Waals surface area contributed by atoms with Crippen LogP contribution in [-0.2, 0) is 11.3 Å². The van der Waals surface area contributed by atoms with Crippen molar-refractivity contribution in [2.24, 2.45) is 0 Å². The fourth-order valence-electron chi connectivity index (χ4n) is 1.79. The summed E-state index contributed by atoms with van der Waals surface area (Å²) in [6.07, 6.45) is 1.70. The molecule has 0 atom stereocenters. The molecule has 0 saturated carbocycles. The molecule has 1 saturated heterocycles. The summed E-state index contributed by atoms with van der Waals surface area (Å²) in [4.78, 5) is 14.0. The quantitative estimate of drug-likeness (QED) is 0.601. The van der Waals surface area contributed by atoms with Gasteiger partial charge in [-0.3, -0.25) is 4.79 Å². The van der Waals surface area contributed by atoms with Gasteiger partial charge in [0.1, 0.15) is 0 Å².